The van der Waals surface area contributed by atoms with Crippen LogP contribution < -0.4 is 10.6 Å². The molecule has 2 aromatic rings. The Kier molecular flexibility index (Phi) is 7.42. The summed E-state index contributed by atoms with van der Waals surface area (Å²) in [7, 11) is 0. The van der Waals surface area contributed by atoms with Crippen molar-refractivity contribution in [3.63, 3.8) is 0 Å². The summed E-state index contributed by atoms with van der Waals surface area (Å²) in [5, 5.41) is 13.6. The van der Waals surface area contributed by atoms with Crippen molar-refractivity contribution in [2.75, 3.05) is 19.8 Å². The number of aromatic nitrogens is 1. The fourth-order valence-corrected chi connectivity index (χ4v) is 2.41. The topological polar surface area (TPSA) is 74.2 Å². The van der Waals surface area contributed by atoms with Crippen LogP contribution in [0, 0.1) is 0 Å². The molecule has 0 unspecified atom stereocenters. The Morgan fingerprint density at radius 2 is 1.95 bits per heavy atom. The van der Waals surface area contributed by atoms with Crippen molar-refractivity contribution in [3.05, 3.63) is 24.3 Å². The van der Waals surface area contributed by atoms with Gasteiger partial charge in [-0.2, -0.15) is 0 Å². The second kappa shape index (κ2) is 8.87. The molecule has 5 nitrogen and oxygen atoms in total. The Labute approximate surface area is 121 Å². The van der Waals surface area contributed by atoms with Gasteiger partial charge < -0.3 is 15.7 Å². The van der Waals surface area contributed by atoms with E-state index in [1.54, 1.807) is 11.3 Å². The number of fused-ring (bicyclic) bond motifs is 1. The van der Waals surface area contributed by atoms with E-state index in [1.807, 2.05) is 24.3 Å². The molecule has 1 saturated heterocycles. The monoisotopic (exact) mass is 299 g/mol. The molecule has 0 bridgehead atoms. The number of thiol groups is 1. The van der Waals surface area contributed by atoms with Gasteiger partial charge in [-0.3, -0.25) is 4.79 Å². The number of hydrogen-bond acceptors (Lipinski definition) is 6. The third kappa shape index (κ3) is 7.12. The Morgan fingerprint density at radius 3 is 2.42 bits per heavy atom. The molecule has 2 heterocycles. The normalized spacial score (nSPS) is 13.2. The quantitative estimate of drug-likeness (QED) is 0.558. The molecule has 0 radical (unpaired) electrons. The molecule has 0 aliphatic carbocycles. The highest BCUT2D eigenvalue weighted by Gasteiger charge is 1.96. The number of carboxylic acids is 1. The summed E-state index contributed by atoms with van der Waals surface area (Å²) in [6, 6.07) is 8.03. The van der Waals surface area contributed by atoms with Gasteiger partial charge in [0.2, 0.25) is 0 Å². The molecule has 1 aliphatic rings. The summed E-state index contributed by atoms with van der Waals surface area (Å²) >= 11 is 5.76. The number of carboxylic acid groups (broad SMARTS) is 1. The predicted octanol–water partition coefficient (Wildman–Crippen LogP) is 1.81. The molecule has 1 aliphatic heterocycles. The van der Waals surface area contributed by atoms with Crippen LogP contribution in [0.1, 0.15) is 6.92 Å². The largest absolute Gasteiger partial charge is 0.481 e. The lowest BCUT2D eigenvalue weighted by Crippen LogP contribution is -2.11. The summed E-state index contributed by atoms with van der Waals surface area (Å²) in [5.74, 6) is -0.833. The fourth-order valence-electron chi connectivity index (χ4n) is 1.30. The lowest BCUT2D eigenvalue weighted by atomic mass is 10.3. The number of carbonyl (C=O) groups is 1. The van der Waals surface area contributed by atoms with Gasteiger partial charge in [0.1, 0.15) is 4.34 Å². The van der Waals surface area contributed by atoms with Gasteiger partial charge in [-0.05, 0) is 12.1 Å². The van der Waals surface area contributed by atoms with Crippen molar-refractivity contribution in [2.45, 2.75) is 11.3 Å². The van der Waals surface area contributed by atoms with Crippen LogP contribution in [0.25, 0.3) is 10.2 Å². The predicted molar refractivity (Wildman–Crippen MR) is 81.1 cm³/mol. The van der Waals surface area contributed by atoms with E-state index >= 15 is 0 Å². The van der Waals surface area contributed by atoms with Crippen LogP contribution >= 0.6 is 24.0 Å². The van der Waals surface area contributed by atoms with Gasteiger partial charge in [0.05, 0.1) is 10.2 Å². The molecule has 3 N–H and O–H groups in total. The molecule has 0 saturated carbocycles. The van der Waals surface area contributed by atoms with Crippen molar-refractivity contribution in [1.29, 1.82) is 0 Å². The highest BCUT2D eigenvalue weighted by molar-refractivity contribution is 7.82. The van der Waals surface area contributed by atoms with E-state index in [2.05, 4.69) is 28.2 Å². The van der Waals surface area contributed by atoms with E-state index < -0.39 is 5.97 Å². The van der Waals surface area contributed by atoms with Crippen molar-refractivity contribution in [2.24, 2.45) is 0 Å². The number of aliphatic carboxylic acids is 1. The summed E-state index contributed by atoms with van der Waals surface area (Å²) in [5.41, 5.74) is 1.04. The minimum absolute atomic E-state index is 0.833. The number of nitrogens with zero attached hydrogens (tertiary/aromatic N) is 1. The van der Waals surface area contributed by atoms with Crippen molar-refractivity contribution < 1.29 is 9.90 Å². The molecule has 3 rings (SSSR count). The number of thiazole rings is 1. The van der Waals surface area contributed by atoms with Crippen LogP contribution in [-0.4, -0.2) is 35.8 Å². The van der Waals surface area contributed by atoms with Crippen molar-refractivity contribution in [3.8, 4) is 0 Å². The Bertz CT molecular complexity index is 468. The summed E-state index contributed by atoms with van der Waals surface area (Å²) in [4.78, 5) is 13.2. The van der Waals surface area contributed by atoms with E-state index in [1.165, 1.54) is 4.70 Å². The molecular formula is C12H17N3O2S2. The molecule has 1 aromatic heterocycles. The lowest BCUT2D eigenvalue weighted by Gasteiger charge is -1.80. The van der Waals surface area contributed by atoms with Gasteiger partial charge in [-0.25, -0.2) is 4.98 Å². The molecule has 7 heteroatoms. The lowest BCUT2D eigenvalue weighted by molar-refractivity contribution is -0.134. The third-order valence-corrected chi connectivity index (χ3v) is 3.22. The maximum Gasteiger partial charge on any atom is 0.300 e. The van der Waals surface area contributed by atoms with Gasteiger partial charge in [-0.15, -0.1) is 24.0 Å². The summed E-state index contributed by atoms with van der Waals surface area (Å²) in [6.45, 7) is 4.36. The summed E-state index contributed by atoms with van der Waals surface area (Å²) < 4.78 is 2.04. The fraction of sp³-hybridized carbons (Fsp3) is 0.333. The second-order valence-electron chi connectivity index (χ2n) is 3.66. The van der Waals surface area contributed by atoms with Crippen LogP contribution in [0.15, 0.2) is 28.6 Å². The number of para-hydroxylation sites is 1. The van der Waals surface area contributed by atoms with Gasteiger partial charge in [0, 0.05) is 26.7 Å². The standard InChI is InChI=1S/C7H5NS2.C3H8N2.C2H4O2/c9-7-8-5-3-1-2-4-6(5)10-7;1-2-5-3-4-1;1-2(3)4/h1-4H,(H,8,9);4-5H,1-3H2;1H3,(H,3,4). The maximum absolute atomic E-state index is 9.00. The number of hydrogen-bond donors (Lipinski definition) is 4. The first-order chi connectivity index (χ1) is 9.09. The first-order valence-corrected chi connectivity index (χ1v) is 7.01. The molecule has 104 valence electrons. The molecule has 1 aromatic carbocycles. The van der Waals surface area contributed by atoms with Crippen molar-refractivity contribution in [1.82, 2.24) is 15.6 Å². The van der Waals surface area contributed by atoms with Gasteiger partial charge in [0.15, 0.2) is 0 Å². The highest BCUT2D eigenvalue weighted by atomic mass is 32.2. The zero-order chi connectivity index (χ0) is 14.1. The average Bonchev–Trinajstić information content (AvgIpc) is 2.98. The van der Waals surface area contributed by atoms with Gasteiger partial charge in [0.25, 0.3) is 5.97 Å². The van der Waals surface area contributed by atoms with Gasteiger partial charge in [-0.1, -0.05) is 12.1 Å². The SMILES string of the molecule is C1CNCN1.CC(=O)O.Sc1nc2ccccc2s1. The molecular weight excluding hydrogens is 282 g/mol. The zero-order valence-corrected chi connectivity index (χ0v) is 12.3. The number of benzene rings is 1. The van der Waals surface area contributed by atoms with Gasteiger partial charge >= 0.3 is 0 Å². The molecule has 19 heavy (non-hydrogen) atoms. The van der Waals surface area contributed by atoms with E-state index in [0.717, 1.165) is 36.5 Å². The number of rotatable bonds is 0. The smallest absolute Gasteiger partial charge is 0.300 e. The summed E-state index contributed by atoms with van der Waals surface area (Å²) in [6.07, 6.45) is 0. The Hall–Kier alpha value is -1.15. The van der Waals surface area contributed by atoms with E-state index in [4.69, 9.17) is 9.90 Å². The Balaban J connectivity index is 0.000000169. The van der Waals surface area contributed by atoms with Crippen LogP contribution in [0.2, 0.25) is 0 Å². The Morgan fingerprint density at radius 1 is 1.37 bits per heavy atom. The minimum atomic E-state index is -0.833. The van der Waals surface area contributed by atoms with E-state index in [9.17, 15) is 0 Å². The molecule has 1 fully saturated rings. The first-order valence-electron chi connectivity index (χ1n) is 5.75. The average molecular weight is 299 g/mol. The van der Waals surface area contributed by atoms with Crippen molar-refractivity contribution >= 4 is 40.2 Å². The van der Waals surface area contributed by atoms with Crippen LogP contribution in [0.5, 0.6) is 0 Å². The molecule has 0 spiro atoms. The first kappa shape index (κ1) is 15.9. The maximum atomic E-state index is 9.00. The third-order valence-electron chi connectivity index (χ3n) is 2.01. The zero-order valence-electron chi connectivity index (χ0n) is 10.6. The molecule has 0 amide bonds. The molecule has 0 atom stereocenters. The van der Waals surface area contributed by atoms with Crippen LogP contribution in [0.4, 0.5) is 0 Å². The van der Waals surface area contributed by atoms with Crippen LogP contribution in [0.3, 0.4) is 0 Å². The number of nitrogens with one attached hydrogen (secondary N) is 2. The van der Waals surface area contributed by atoms with E-state index in [0.29, 0.717) is 0 Å². The van der Waals surface area contributed by atoms with Crippen LogP contribution in [-0.2, 0) is 4.79 Å². The van der Waals surface area contributed by atoms with E-state index in [-0.39, 0.29) is 0 Å². The second-order valence-corrected chi connectivity index (χ2v) is 5.42. The minimum Gasteiger partial charge on any atom is -0.481 e. The highest BCUT2D eigenvalue weighted by Crippen LogP contribution is 2.23.